The van der Waals surface area contributed by atoms with Gasteiger partial charge in [-0.15, -0.1) is 12.4 Å². The van der Waals surface area contributed by atoms with Crippen LogP contribution in [0.1, 0.15) is 27.0 Å². The average Bonchev–Trinajstić information content (AvgIpc) is 3.08. The number of rotatable bonds is 10. The molecule has 0 radical (unpaired) electrons. The zero-order chi connectivity index (χ0) is 35.5. The third-order valence-corrected chi connectivity index (χ3v) is 8.53. The van der Waals surface area contributed by atoms with Gasteiger partial charge in [0.25, 0.3) is 0 Å². The summed E-state index contributed by atoms with van der Waals surface area (Å²) in [7, 11) is 7.93. The fourth-order valence-electron chi connectivity index (χ4n) is 6.21. The standard InChI is InChI=1S/C43H36F4N2O.ClH/c1-48(2)25-27-5-9-29(10-6-27)35-17-13-31(21-39(35)37-19-15-33(44)23-41(37)46)43(50)32-14-18-36(30-11-7-28(8-12-30)26-49(3)4)40(22-32)38-20-16-34(45)24-42(38)47;/h5-24H,25-26H2,1-4H3;1H. The van der Waals surface area contributed by atoms with Gasteiger partial charge in [-0.05, 0) is 109 Å². The van der Waals surface area contributed by atoms with Crippen molar-refractivity contribution in [1.82, 2.24) is 9.80 Å². The number of carbonyl (C=O) groups is 1. The Balaban J connectivity index is 0.00000504. The maximum absolute atomic E-state index is 15.3. The minimum Gasteiger partial charge on any atom is -0.305 e. The van der Waals surface area contributed by atoms with Gasteiger partial charge in [-0.3, -0.25) is 4.79 Å². The van der Waals surface area contributed by atoms with Crippen molar-refractivity contribution in [2.75, 3.05) is 28.2 Å². The second kappa shape index (κ2) is 15.9. The van der Waals surface area contributed by atoms with E-state index in [-0.39, 0.29) is 40.4 Å². The fourth-order valence-corrected chi connectivity index (χ4v) is 6.21. The van der Waals surface area contributed by atoms with Crippen molar-refractivity contribution in [1.29, 1.82) is 0 Å². The van der Waals surface area contributed by atoms with Gasteiger partial charge in [-0.2, -0.15) is 0 Å². The first-order chi connectivity index (χ1) is 24.0. The Bertz CT molecular complexity index is 2030. The van der Waals surface area contributed by atoms with Gasteiger partial charge in [0.2, 0.25) is 0 Å². The van der Waals surface area contributed by atoms with Crippen molar-refractivity contribution in [2.24, 2.45) is 0 Å². The third kappa shape index (κ3) is 8.46. The second-order valence-corrected chi connectivity index (χ2v) is 13.0. The molecule has 51 heavy (non-hydrogen) atoms. The van der Waals surface area contributed by atoms with Crippen LogP contribution in [0.25, 0.3) is 44.5 Å². The fraction of sp³-hybridized carbons (Fsp3) is 0.140. The van der Waals surface area contributed by atoms with E-state index in [4.69, 9.17) is 0 Å². The van der Waals surface area contributed by atoms with E-state index in [0.717, 1.165) is 47.5 Å². The Labute approximate surface area is 302 Å². The first-order valence-corrected chi connectivity index (χ1v) is 16.2. The second-order valence-electron chi connectivity index (χ2n) is 13.0. The molecule has 0 saturated heterocycles. The SMILES string of the molecule is CN(C)Cc1ccc(-c2ccc(C(=O)c3ccc(-c4ccc(CN(C)C)cc4)c(-c4ccc(F)cc4F)c3)cc2-c2ccc(F)cc2F)cc1.Cl. The largest absolute Gasteiger partial charge is 0.305 e. The van der Waals surface area contributed by atoms with Gasteiger partial charge in [-0.25, -0.2) is 17.6 Å². The number of nitrogens with zero attached hydrogens (tertiary/aromatic N) is 2. The lowest BCUT2D eigenvalue weighted by atomic mass is 9.88. The minimum atomic E-state index is -0.755. The summed E-state index contributed by atoms with van der Waals surface area (Å²) < 4.78 is 58.5. The van der Waals surface area contributed by atoms with E-state index in [2.05, 4.69) is 9.80 Å². The molecule has 0 N–H and O–H groups in total. The van der Waals surface area contributed by atoms with E-state index in [1.165, 1.54) is 24.3 Å². The Morgan fingerprint density at radius 3 is 1.14 bits per heavy atom. The smallest absolute Gasteiger partial charge is 0.193 e. The summed E-state index contributed by atoms with van der Waals surface area (Å²) in [6, 6.07) is 32.6. The molecule has 0 aliphatic carbocycles. The quantitative estimate of drug-likeness (QED) is 0.105. The van der Waals surface area contributed by atoms with E-state index < -0.39 is 23.3 Å². The molecule has 0 heterocycles. The van der Waals surface area contributed by atoms with Gasteiger partial charge < -0.3 is 9.80 Å². The molecule has 6 aromatic carbocycles. The molecular weight excluding hydrogens is 672 g/mol. The molecule has 8 heteroatoms. The summed E-state index contributed by atoms with van der Waals surface area (Å²) in [5, 5.41) is 0. The van der Waals surface area contributed by atoms with E-state index >= 15 is 8.78 Å². The van der Waals surface area contributed by atoms with E-state index in [0.29, 0.717) is 22.3 Å². The summed E-state index contributed by atoms with van der Waals surface area (Å²) >= 11 is 0. The average molecular weight is 709 g/mol. The first kappa shape index (κ1) is 37.2. The Morgan fingerprint density at radius 1 is 0.451 bits per heavy atom. The van der Waals surface area contributed by atoms with Crippen LogP contribution in [0.15, 0.2) is 121 Å². The number of benzene rings is 6. The van der Waals surface area contributed by atoms with Crippen LogP contribution in [-0.4, -0.2) is 43.8 Å². The highest BCUT2D eigenvalue weighted by Gasteiger charge is 2.20. The first-order valence-electron chi connectivity index (χ1n) is 16.2. The topological polar surface area (TPSA) is 23.6 Å². The predicted octanol–water partition coefficient (Wildman–Crippen LogP) is 10.7. The molecule has 0 bridgehead atoms. The summed E-state index contributed by atoms with van der Waals surface area (Å²) in [6.45, 7) is 1.50. The van der Waals surface area contributed by atoms with Gasteiger partial charge in [0.05, 0.1) is 0 Å². The number of halogens is 5. The third-order valence-electron chi connectivity index (χ3n) is 8.53. The lowest BCUT2D eigenvalue weighted by molar-refractivity contribution is 0.103. The molecule has 0 unspecified atom stereocenters. The van der Waals surface area contributed by atoms with E-state index in [1.807, 2.05) is 76.7 Å². The zero-order valence-corrected chi connectivity index (χ0v) is 29.5. The van der Waals surface area contributed by atoms with E-state index in [9.17, 15) is 13.6 Å². The van der Waals surface area contributed by atoms with Crippen molar-refractivity contribution in [2.45, 2.75) is 13.1 Å². The lowest BCUT2D eigenvalue weighted by Gasteiger charge is -2.16. The molecule has 0 aliphatic heterocycles. The van der Waals surface area contributed by atoms with Crippen LogP contribution in [0, 0.1) is 23.3 Å². The maximum atomic E-state index is 15.3. The molecule has 0 aromatic heterocycles. The van der Waals surface area contributed by atoms with Crippen LogP contribution in [0.2, 0.25) is 0 Å². The van der Waals surface area contributed by atoms with Gasteiger partial charge in [0.15, 0.2) is 5.78 Å². The molecule has 0 atom stereocenters. The molecule has 260 valence electrons. The van der Waals surface area contributed by atoms with Gasteiger partial charge in [0, 0.05) is 47.5 Å². The highest BCUT2D eigenvalue weighted by Crippen LogP contribution is 2.38. The minimum absolute atomic E-state index is 0. The van der Waals surface area contributed by atoms with Crippen molar-refractivity contribution >= 4 is 18.2 Å². The van der Waals surface area contributed by atoms with Crippen LogP contribution in [-0.2, 0) is 13.1 Å². The van der Waals surface area contributed by atoms with Gasteiger partial charge in [0.1, 0.15) is 23.3 Å². The van der Waals surface area contributed by atoms with Crippen molar-refractivity contribution in [3.63, 3.8) is 0 Å². The molecular formula is C43H37ClF4N2O. The van der Waals surface area contributed by atoms with Crippen LogP contribution in [0.3, 0.4) is 0 Å². The molecule has 0 fully saturated rings. The van der Waals surface area contributed by atoms with Crippen molar-refractivity contribution in [3.05, 3.63) is 167 Å². The molecule has 0 aliphatic rings. The normalized spacial score (nSPS) is 11.2. The number of hydrogen-bond acceptors (Lipinski definition) is 3. The van der Waals surface area contributed by atoms with Crippen molar-refractivity contribution < 1.29 is 22.4 Å². The monoisotopic (exact) mass is 708 g/mol. The van der Waals surface area contributed by atoms with Gasteiger partial charge >= 0.3 is 0 Å². The number of hydrogen-bond donors (Lipinski definition) is 0. The Kier molecular flexibility index (Phi) is 11.6. The van der Waals surface area contributed by atoms with Crippen molar-refractivity contribution in [3.8, 4) is 44.5 Å². The van der Waals surface area contributed by atoms with Crippen LogP contribution in [0.5, 0.6) is 0 Å². The molecule has 3 nitrogen and oxygen atoms in total. The summed E-state index contributed by atoms with van der Waals surface area (Å²) in [5.74, 6) is -3.30. The highest BCUT2D eigenvalue weighted by atomic mass is 35.5. The van der Waals surface area contributed by atoms with Gasteiger partial charge in [-0.1, -0.05) is 72.8 Å². The predicted molar refractivity (Wildman–Crippen MR) is 200 cm³/mol. The lowest BCUT2D eigenvalue weighted by Crippen LogP contribution is -2.10. The molecule has 6 rings (SSSR count). The molecule has 0 amide bonds. The molecule has 0 spiro atoms. The van der Waals surface area contributed by atoms with Crippen LogP contribution in [0.4, 0.5) is 17.6 Å². The zero-order valence-electron chi connectivity index (χ0n) is 28.7. The molecule has 0 saturated carbocycles. The highest BCUT2D eigenvalue weighted by molar-refractivity contribution is 6.11. The van der Waals surface area contributed by atoms with Crippen LogP contribution < -0.4 is 0 Å². The maximum Gasteiger partial charge on any atom is 0.193 e. The number of carbonyl (C=O) groups excluding carboxylic acids is 1. The molecule has 6 aromatic rings. The van der Waals surface area contributed by atoms with Crippen LogP contribution >= 0.6 is 12.4 Å². The Morgan fingerprint density at radius 2 is 0.804 bits per heavy atom. The Hall–Kier alpha value is -5.08. The number of ketones is 1. The summed E-state index contributed by atoms with van der Waals surface area (Å²) in [5.41, 5.74) is 6.83. The summed E-state index contributed by atoms with van der Waals surface area (Å²) in [4.78, 5) is 18.3. The summed E-state index contributed by atoms with van der Waals surface area (Å²) in [6.07, 6.45) is 0. The van der Waals surface area contributed by atoms with E-state index in [1.54, 1.807) is 36.4 Å².